The van der Waals surface area contributed by atoms with Crippen molar-refractivity contribution < 1.29 is 4.42 Å². The largest absolute Gasteiger partial charge is 0.456 e. The average molecular weight is 766 g/mol. The number of furan rings is 1. The van der Waals surface area contributed by atoms with Crippen molar-refractivity contribution in [1.82, 2.24) is 0 Å². The van der Waals surface area contributed by atoms with Crippen LogP contribution in [0.3, 0.4) is 0 Å². The standard InChI is InChI=1S/C58H39NO/c1-6-19-41(20-7-1)54-51-31-18-30-48(58(51)57(44-25-12-4-13-26-44)56(43-23-10-3-11-24-43)55(54)42-21-8-2-9-22-42)40-33-35-46(36-34-40)59(45-27-14-5-15-28-45)47-37-38-50-49-29-16-17-32-52(49)60-53(50)39-47/h1-39H. The molecular weight excluding hydrogens is 727 g/mol. The topological polar surface area (TPSA) is 16.4 Å². The van der Waals surface area contributed by atoms with Crippen molar-refractivity contribution in [2.75, 3.05) is 4.90 Å². The number of hydrogen-bond donors (Lipinski definition) is 0. The minimum Gasteiger partial charge on any atom is -0.456 e. The van der Waals surface area contributed by atoms with Crippen LogP contribution in [0.4, 0.5) is 17.1 Å². The molecule has 0 spiro atoms. The van der Waals surface area contributed by atoms with Crippen LogP contribution in [-0.4, -0.2) is 0 Å². The van der Waals surface area contributed by atoms with Gasteiger partial charge in [-0.1, -0.05) is 188 Å². The van der Waals surface area contributed by atoms with Gasteiger partial charge in [0, 0.05) is 33.9 Å². The van der Waals surface area contributed by atoms with E-state index in [9.17, 15) is 0 Å². The van der Waals surface area contributed by atoms with E-state index >= 15 is 0 Å². The van der Waals surface area contributed by atoms with E-state index in [1.165, 1.54) is 60.8 Å². The maximum Gasteiger partial charge on any atom is 0.137 e. The number of rotatable bonds is 8. The summed E-state index contributed by atoms with van der Waals surface area (Å²) in [6.45, 7) is 0. The van der Waals surface area contributed by atoms with Crippen molar-refractivity contribution >= 4 is 49.8 Å². The molecule has 10 aromatic carbocycles. The number of fused-ring (bicyclic) bond motifs is 4. The summed E-state index contributed by atoms with van der Waals surface area (Å²) < 4.78 is 6.37. The summed E-state index contributed by atoms with van der Waals surface area (Å²) in [5, 5.41) is 4.68. The second-order valence-corrected chi connectivity index (χ2v) is 15.2. The van der Waals surface area contributed by atoms with Gasteiger partial charge in [-0.2, -0.15) is 0 Å². The smallest absolute Gasteiger partial charge is 0.137 e. The van der Waals surface area contributed by atoms with Gasteiger partial charge in [0.05, 0.1) is 0 Å². The van der Waals surface area contributed by atoms with Crippen LogP contribution in [0, 0.1) is 0 Å². The van der Waals surface area contributed by atoms with E-state index < -0.39 is 0 Å². The van der Waals surface area contributed by atoms with Crippen LogP contribution in [0.15, 0.2) is 241 Å². The molecule has 1 aromatic heterocycles. The zero-order chi connectivity index (χ0) is 39.8. The second-order valence-electron chi connectivity index (χ2n) is 15.2. The summed E-state index contributed by atoms with van der Waals surface area (Å²) in [5.74, 6) is 0. The maximum absolute atomic E-state index is 6.37. The molecule has 0 aliphatic rings. The number of benzene rings is 10. The van der Waals surface area contributed by atoms with E-state index in [4.69, 9.17) is 4.42 Å². The molecule has 1 heterocycles. The Labute approximate surface area is 349 Å². The molecule has 0 atom stereocenters. The van der Waals surface area contributed by atoms with Crippen molar-refractivity contribution in [3.05, 3.63) is 237 Å². The molecule has 0 aliphatic heterocycles. The summed E-state index contributed by atoms with van der Waals surface area (Å²) in [6.07, 6.45) is 0. The van der Waals surface area contributed by atoms with Crippen LogP contribution in [0.2, 0.25) is 0 Å². The van der Waals surface area contributed by atoms with Gasteiger partial charge in [-0.05, 0) is 109 Å². The molecule has 0 N–H and O–H groups in total. The van der Waals surface area contributed by atoms with Gasteiger partial charge in [0.25, 0.3) is 0 Å². The third kappa shape index (κ3) is 6.14. The van der Waals surface area contributed by atoms with E-state index in [2.05, 4.69) is 229 Å². The lowest BCUT2D eigenvalue weighted by atomic mass is 9.77. The molecule has 0 amide bonds. The van der Waals surface area contributed by atoms with Gasteiger partial charge in [-0.15, -0.1) is 0 Å². The molecule has 0 fully saturated rings. The zero-order valence-electron chi connectivity index (χ0n) is 32.9. The first-order valence-corrected chi connectivity index (χ1v) is 20.5. The Morgan fingerprint density at radius 3 is 1.33 bits per heavy atom. The van der Waals surface area contributed by atoms with Crippen LogP contribution >= 0.6 is 0 Å². The average Bonchev–Trinajstić information content (AvgIpc) is 3.70. The fraction of sp³-hybridized carbons (Fsp3) is 0. The van der Waals surface area contributed by atoms with Crippen molar-refractivity contribution in [1.29, 1.82) is 0 Å². The highest BCUT2D eigenvalue weighted by Crippen LogP contribution is 2.53. The molecule has 0 unspecified atom stereocenters. The summed E-state index contributed by atoms with van der Waals surface area (Å²) >= 11 is 0. The Bertz CT molecular complexity index is 3270. The molecule has 60 heavy (non-hydrogen) atoms. The fourth-order valence-electron chi connectivity index (χ4n) is 9.03. The molecule has 0 aliphatic carbocycles. The summed E-state index contributed by atoms with van der Waals surface area (Å²) in [6, 6.07) is 84.9. The predicted molar refractivity (Wildman–Crippen MR) is 253 cm³/mol. The predicted octanol–water partition coefficient (Wildman–Crippen LogP) is 16.5. The van der Waals surface area contributed by atoms with E-state index in [-0.39, 0.29) is 0 Å². The van der Waals surface area contributed by atoms with E-state index in [1.54, 1.807) is 0 Å². The fourth-order valence-corrected chi connectivity index (χ4v) is 9.03. The highest BCUT2D eigenvalue weighted by atomic mass is 16.3. The summed E-state index contributed by atoms with van der Waals surface area (Å²) in [7, 11) is 0. The lowest BCUT2D eigenvalue weighted by molar-refractivity contribution is 0.669. The molecule has 282 valence electrons. The van der Waals surface area contributed by atoms with Crippen molar-refractivity contribution in [3.63, 3.8) is 0 Å². The number of hydrogen-bond acceptors (Lipinski definition) is 2. The van der Waals surface area contributed by atoms with Crippen LogP contribution in [0.25, 0.3) is 88.3 Å². The van der Waals surface area contributed by atoms with Crippen molar-refractivity contribution in [2.24, 2.45) is 0 Å². The Morgan fingerprint density at radius 1 is 0.267 bits per heavy atom. The molecular formula is C58H39NO. The number of nitrogens with zero attached hydrogens (tertiary/aromatic N) is 1. The van der Waals surface area contributed by atoms with Gasteiger partial charge in [0.15, 0.2) is 0 Å². The van der Waals surface area contributed by atoms with E-state index in [0.29, 0.717) is 0 Å². The van der Waals surface area contributed by atoms with Crippen molar-refractivity contribution in [2.45, 2.75) is 0 Å². The first-order valence-electron chi connectivity index (χ1n) is 20.5. The van der Waals surface area contributed by atoms with Gasteiger partial charge in [-0.25, -0.2) is 0 Å². The second kappa shape index (κ2) is 15.1. The quantitative estimate of drug-likeness (QED) is 0.153. The van der Waals surface area contributed by atoms with Crippen LogP contribution in [0.1, 0.15) is 0 Å². The molecule has 0 saturated heterocycles. The number of anilines is 3. The van der Waals surface area contributed by atoms with Crippen LogP contribution in [0.5, 0.6) is 0 Å². The van der Waals surface area contributed by atoms with E-state index in [0.717, 1.165) is 44.6 Å². The molecule has 2 heteroatoms. The Balaban J connectivity index is 1.17. The van der Waals surface area contributed by atoms with Gasteiger partial charge in [-0.3, -0.25) is 0 Å². The Kier molecular flexibility index (Phi) is 8.87. The van der Waals surface area contributed by atoms with Gasteiger partial charge >= 0.3 is 0 Å². The minimum absolute atomic E-state index is 0.869. The number of para-hydroxylation sites is 2. The highest BCUT2D eigenvalue weighted by molar-refractivity contribution is 6.22. The molecule has 11 aromatic rings. The first-order chi connectivity index (χ1) is 29.8. The van der Waals surface area contributed by atoms with Crippen molar-refractivity contribution in [3.8, 4) is 55.6 Å². The maximum atomic E-state index is 6.37. The van der Waals surface area contributed by atoms with E-state index in [1.807, 2.05) is 12.1 Å². The lowest BCUT2D eigenvalue weighted by Crippen LogP contribution is -2.09. The molecule has 0 radical (unpaired) electrons. The minimum atomic E-state index is 0.869. The zero-order valence-corrected chi connectivity index (χ0v) is 32.9. The monoisotopic (exact) mass is 765 g/mol. The highest BCUT2D eigenvalue weighted by Gasteiger charge is 2.26. The molecule has 0 saturated carbocycles. The Morgan fingerprint density at radius 2 is 0.717 bits per heavy atom. The SMILES string of the molecule is c1ccc(-c2c(-c3ccccc3)c(-c3ccccc3)c3c(-c4ccc(N(c5ccccc5)c5ccc6c(c5)oc5ccccc56)cc4)cccc3c2-c2ccccc2)cc1. The normalized spacial score (nSPS) is 11.3. The lowest BCUT2D eigenvalue weighted by Gasteiger charge is -2.27. The third-order valence-corrected chi connectivity index (χ3v) is 11.7. The first kappa shape index (κ1) is 35.2. The molecule has 0 bridgehead atoms. The van der Waals surface area contributed by atoms with Gasteiger partial charge in [0.2, 0.25) is 0 Å². The summed E-state index contributed by atoms with van der Waals surface area (Å²) in [5.41, 5.74) is 16.9. The third-order valence-electron chi connectivity index (χ3n) is 11.7. The van der Waals surface area contributed by atoms with Gasteiger partial charge in [0.1, 0.15) is 11.2 Å². The molecule has 11 rings (SSSR count). The Hall–Kier alpha value is -7.94. The molecule has 2 nitrogen and oxygen atoms in total. The van der Waals surface area contributed by atoms with Crippen LogP contribution in [-0.2, 0) is 0 Å². The van der Waals surface area contributed by atoms with Crippen LogP contribution < -0.4 is 4.90 Å². The van der Waals surface area contributed by atoms with Gasteiger partial charge < -0.3 is 9.32 Å². The summed E-state index contributed by atoms with van der Waals surface area (Å²) in [4.78, 5) is 2.31.